The molecule has 0 aliphatic heterocycles. The molecule has 0 amide bonds. The Bertz CT molecular complexity index is 809. The van der Waals surface area contributed by atoms with E-state index in [4.69, 9.17) is 0 Å². The summed E-state index contributed by atoms with van der Waals surface area (Å²) in [6.45, 7) is 3.57. The van der Waals surface area contributed by atoms with E-state index < -0.39 is 0 Å². The van der Waals surface area contributed by atoms with Crippen LogP contribution in [0.3, 0.4) is 0 Å². The molecule has 0 radical (unpaired) electrons. The quantitative estimate of drug-likeness (QED) is 0.783. The fraction of sp³-hybridized carbons (Fsp3) is 0.118. The third kappa shape index (κ3) is 2.93. The van der Waals surface area contributed by atoms with Gasteiger partial charge in [-0.1, -0.05) is 0 Å². The fourth-order valence-corrected chi connectivity index (χ4v) is 2.16. The lowest BCUT2D eigenvalue weighted by Gasteiger charge is -2.11. The van der Waals surface area contributed by atoms with E-state index >= 15 is 0 Å². The van der Waals surface area contributed by atoms with Crippen LogP contribution in [-0.2, 0) is 0 Å². The van der Waals surface area contributed by atoms with Crippen LogP contribution in [0.4, 0.5) is 16.0 Å². The number of hydrogen-bond donors (Lipinski definition) is 1. The zero-order valence-corrected chi connectivity index (χ0v) is 12.3. The molecule has 5 heteroatoms. The lowest BCUT2D eigenvalue weighted by atomic mass is 10.1. The largest absolute Gasteiger partial charge is 0.324 e. The Labute approximate surface area is 129 Å². The number of anilines is 2. The molecule has 0 fully saturated rings. The standard InChI is InChI=1S/C17H15FN4.H2/c1-11-8-14(18)12(2)16(9-11)22-17-20-7-5-15(21-17)13-4-3-6-19-10-13;/h3-10H,1-2H3,(H,20,21,22);1H. The van der Waals surface area contributed by atoms with Crippen molar-refractivity contribution >= 4 is 11.6 Å². The van der Waals surface area contributed by atoms with Crippen molar-refractivity contribution in [3.8, 4) is 11.3 Å². The van der Waals surface area contributed by atoms with E-state index in [0.717, 1.165) is 16.8 Å². The molecule has 0 aliphatic rings. The number of nitrogens with zero attached hydrogens (tertiary/aromatic N) is 3. The van der Waals surface area contributed by atoms with Crippen molar-refractivity contribution in [1.82, 2.24) is 15.0 Å². The van der Waals surface area contributed by atoms with Crippen LogP contribution in [0.2, 0.25) is 0 Å². The molecule has 112 valence electrons. The molecule has 0 saturated carbocycles. The van der Waals surface area contributed by atoms with Crippen LogP contribution >= 0.6 is 0 Å². The van der Waals surface area contributed by atoms with E-state index in [1.807, 2.05) is 31.2 Å². The molecule has 3 aromatic rings. The normalized spacial score (nSPS) is 10.5. The monoisotopic (exact) mass is 296 g/mol. The smallest absolute Gasteiger partial charge is 0.227 e. The molecule has 3 rings (SSSR count). The minimum Gasteiger partial charge on any atom is -0.324 e. The van der Waals surface area contributed by atoms with Gasteiger partial charge in [-0.15, -0.1) is 0 Å². The first kappa shape index (κ1) is 14.1. The predicted octanol–water partition coefficient (Wildman–Crippen LogP) is 4.28. The summed E-state index contributed by atoms with van der Waals surface area (Å²) in [6.07, 6.45) is 5.12. The highest BCUT2D eigenvalue weighted by molar-refractivity contribution is 5.63. The molecular formula is C17H17FN4. The molecule has 0 saturated heterocycles. The number of pyridine rings is 1. The molecule has 0 bridgehead atoms. The van der Waals surface area contributed by atoms with E-state index in [1.165, 1.54) is 6.07 Å². The molecule has 1 aromatic carbocycles. The van der Waals surface area contributed by atoms with Crippen molar-refractivity contribution in [2.24, 2.45) is 0 Å². The van der Waals surface area contributed by atoms with Crippen molar-refractivity contribution in [2.75, 3.05) is 5.32 Å². The van der Waals surface area contributed by atoms with E-state index in [2.05, 4.69) is 20.3 Å². The van der Waals surface area contributed by atoms with Crippen molar-refractivity contribution in [1.29, 1.82) is 0 Å². The maximum Gasteiger partial charge on any atom is 0.227 e. The summed E-state index contributed by atoms with van der Waals surface area (Å²) in [5.74, 6) is 0.181. The van der Waals surface area contributed by atoms with Gasteiger partial charge in [-0.25, -0.2) is 14.4 Å². The Balaban J connectivity index is 0.00000192. The lowest BCUT2D eigenvalue weighted by Crippen LogP contribution is -2.01. The fourth-order valence-electron chi connectivity index (χ4n) is 2.16. The second-order valence-corrected chi connectivity index (χ2v) is 5.05. The molecule has 0 aliphatic carbocycles. The van der Waals surface area contributed by atoms with Crippen molar-refractivity contribution in [2.45, 2.75) is 13.8 Å². The van der Waals surface area contributed by atoms with Gasteiger partial charge in [-0.2, -0.15) is 0 Å². The van der Waals surface area contributed by atoms with Crippen LogP contribution in [-0.4, -0.2) is 15.0 Å². The number of hydrogen-bond acceptors (Lipinski definition) is 4. The van der Waals surface area contributed by atoms with Gasteiger partial charge in [0.2, 0.25) is 5.95 Å². The molecule has 0 unspecified atom stereocenters. The van der Waals surface area contributed by atoms with Crippen LogP contribution in [0, 0.1) is 19.7 Å². The second-order valence-electron chi connectivity index (χ2n) is 5.05. The van der Waals surface area contributed by atoms with Gasteiger partial charge in [-0.3, -0.25) is 4.98 Å². The summed E-state index contributed by atoms with van der Waals surface area (Å²) in [6, 6.07) is 8.97. The first-order valence-electron chi connectivity index (χ1n) is 6.91. The molecule has 0 spiro atoms. The summed E-state index contributed by atoms with van der Waals surface area (Å²) in [5.41, 5.74) is 3.72. The van der Waals surface area contributed by atoms with E-state index in [-0.39, 0.29) is 7.24 Å². The van der Waals surface area contributed by atoms with Gasteiger partial charge in [0.15, 0.2) is 0 Å². The van der Waals surface area contributed by atoms with Crippen LogP contribution in [0.15, 0.2) is 48.9 Å². The summed E-state index contributed by atoms with van der Waals surface area (Å²) >= 11 is 0. The number of nitrogens with one attached hydrogen (secondary N) is 1. The van der Waals surface area contributed by atoms with Crippen LogP contribution in [0.25, 0.3) is 11.3 Å². The maximum absolute atomic E-state index is 13.8. The molecule has 2 heterocycles. The zero-order valence-electron chi connectivity index (χ0n) is 12.3. The van der Waals surface area contributed by atoms with Gasteiger partial charge in [0.25, 0.3) is 0 Å². The summed E-state index contributed by atoms with van der Waals surface area (Å²) in [7, 11) is 0. The van der Waals surface area contributed by atoms with Gasteiger partial charge in [0.05, 0.1) is 5.69 Å². The first-order chi connectivity index (χ1) is 10.6. The van der Waals surface area contributed by atoms with Gasteiger partial charge in [0.1, 0.15) is 5.82 Å². The van der Waals surface area contributed by atoms with E-state index in [0.29, 0.717) is 17.2 Å². The minimum atomic E-state index is -0.245. The SMILES string of the molecule is Cc1cc(F)c(C)c(Nc2nccc(-c3cccnc3)n2)c1.[HH]. The highest BCUT2D eigenvalue weighted by Crippen LogP contribution is 2.24. The Morgan fingerprint density at radius 2 is 2.00 bits per heavy atom. The van der Waals surface area contributed by atoms with Crippen LogP contribution in [0.1, 0.15) is 12.6 Å². The van der Waals surface area contributed by atoms with Gasteiger partial charge in [0, 0.05) is 36.8 Å². The predicted molar refractivity (Wildman–Crippen MR) is 86.5 cm³/mol. The third-order valence-electron chi connectivity index (χ3n) is 3.35. The molecule has 2 aromatic heterocycles. The highest BCUT2D eigenvalue weighted by atomic mass is 19.1. The average Bonchev–Trinajstić information content (AvgIpc) is 2.53. The Hall–Kier alpha value is -2.82. The van der Waals surface area contributed by atoms with Gasteiger partial charge >= 0.3 is 0 Å². The van der Waals surface area contributed by atoms with Crippen molar-refractivity contribution in [3.05, 3.63) is 65.9 Å². The number of benzene rings is 1. The minimum absolute atomic E-state index is 0. The number of aryl methyl sites for hydroxylation is 1. The third-order valence-corrected chi connectivity index (χ3v) is 3.35. The highest BCUT2D eigenvalue weighted by Gasteiger charge is 2.08. The average molecular weight is 296 g/mol. The van der Waals surface area contributed by atoms with Gasteiger partial charge in [-0.05, 0) is 49.7 Å². The van der Waals surface area contributed by atoms with Crippen LogP contribution in [0.5, 0.6) is 0 Å². The maximum atomic E-state index is 13.8. The second kappa shape index (κ2) is 5.89. The van der Waals surface area contributed by atoms with Crippen molar-refractivity contribution in [3.63, 3.8) is 0 Å². The topological polar surface area (TPSA) is 50.7 Å². The molecule has 4 nitrogen and oxygen atoms in total. The van der Waals surface area contributed by atoms with Gasteiger partial charge < -0.3 is 5.32 Å². The molecule has 1 N–H and O–H groups in total. The Morgan fingerprint density at radius 3 is 2.77 bits per heavy atom. The van der Waals surface area contributed by atoms with E-state index in [1.54, 1.807) is 25.5 Å². The first-order valence-corrected chi connectivity index (χ1v) is 6.91. The Morgan fingerprint density at radius 1 is 1.14 bits per heavy atom. The Kier molecular flexibility index (Phi) is 3.78. The summed E-state index contributed by atoms with van der Waals surface area (Å²) < 4.78 is 13.8. The lowest BCUT2D eigenvalue weighted by molar-refractivity contribution is 0.618. The number of aromatic nitrogens is 3. The molecule has 0 atom stereocenters. The van der Waals surface area contributed by atoms with E-state index in [9.17, 15) is 4.39 Å². The number of halogens is 1. The number of rotatable bonds is 3. The van der Waals surface area contributed by atoms with Crippen molar-refractivity contribution < 1.29 is 5.82 Å². The molecular weight excluding hydrogens is 279 g/mol. The van der Waals surface area contributed by atoms with Crippen LogP contribution < -0.4 is 5.32 Å². The zero-order chi connectivity index (χ0) is 15.5. The molecule has 22 heavy (non-hydrogen) atoms. The summed E-state index contributed by atoms with van der Waals surface area (Å²) in [5, 5.41) is 3.08. The summed E-state index contributed by atoms with van der Waals surface area (Å²) in [4.78, 5) is 12.7.